The summed E-state index contributed by atoms with van der Waals surface area (Å²) in [6, 6.07) is 8.90. The molecule has 0 fully saturated rings. The van der Waals surface area contributed by atoms with Crippen molar-refractivity contribution < 1.29 is 0 Å². The van der Waals surface area contributed by atoms with Crippen molar-refractivity contribution in [2.45, 2.75) is 39.5 Å². The lowest BCUT2D eigenvalue weighted by molar-refractivity contribution is 1.01. The summed E-state index contributed by atoms with van der Waals surface area (Å²) in [6.45, 7) is 2.98. The molecule has 0 aromatic heterocycles. The second-order valence-electron chi connectivity index (χ2n) is 6.91. The van der Waals surface area contributed by atoms with Crippen LogP contribution < -0.4 is 0 Å². The van der Waals surface area contributed by atoms with Crippen LogP contribution in [0.5, 0.6) is 0 Å². The molecule has 0 N–H and O–H groups in total. The quantitative estimate of drug-likeness (QED) is 0.297. The van der Waals surface area contributed by atoms with Crippen LogP contribution in [0.1, 0.15) is 43.7 Å². The first-order valence-corrected chi connectivity index (χ1v) is 11.5. The molecular weight excluding hydrogens is 319 g/mol. The molecule has 1 aliphatic heterocycles. The van der Waals surface area contributed by atoms with Crippen molar-refractivity contribution >= 4 is 18.3 Å². The third kappa shape index (κ3) is 4.44. The van der Waals surface area contributed by atoms with Crippen LogP contribution in [-0.4, -0.2) is 12.0 Å². The molecule has 0 radical (unpaired) electrons. The molecule has 0 saturated carbocycles. The summed E-state index contributed by atoms with van der Waals surface area (Å²) in [5.74, 6) is 5.21. The highest BCUT2D eigenvalue weighted by molar-refractivity contribution is 7.81. The van der Waals surface area contributed by atoms with Gasteiger partial charge in [0.2, 0.25) is 0 Å². The Bertz CT molecular complexity index is 795. The lowest BCUT2D eigenvalue weighted by Gasteiger charge is -2.29. The summed E-state index contributed by atoms with van der Waals surface area (Å²) in [5.41, 5.74) is 4.04. The summed E-state index contributed by atoms with van der Waals surface area (Å²) in [6.07, 6.45) is 22.2. The zero-order chi connectivity index (χ0) is 17.5. The van der Waals surface area contributed by atoms with Crippen LogP contribution in [0.2, 0.25) is 0 Å². The van der Waals surface area contributed by atoms with Crippen LogP contribution in [0.3, 0.4) is 0 Å². The fourth-order valence-electron chi connectivity index (χ4n) is 3.52. The van der Waals surface area contributed by atoms with E-state index in [-0.39, 0.29) is 0 Å². The van der Waals surface area contributed by atoms with Crippen LogP contribution in [0, 0.1) is 6.92 Å². The van der Waals surface area contributed by atoms with Gasteiger partial charge in [0.15, 0.2) is 0 Å². The Hall–Kier alpha value is -1.78. The van der Waals surface area contributed by atoms with Gasteiger partial charge >= 0.3 is 0 Å². The van der Waals surface area contributed by atoms with Crippen molar-refractivity contribution in [2.75, 3.05) is 6.16 Å². The Labute approximate surface area is 153 Å². The molecule has 130 valence electrons. The monoisotopic (exact) mass is 348 g/mol. The Morgan fingerprint density at radius 2 is 1.96 bits per heavy atom. The zero-order valence-corrected chi connectivity index (χ0v) is 16.4. The second kappa shape index (κ2) is 8.54. The van der Waals surface area contributed by atoms with Gasteiger partial charge in [-0.2, -0.15) is 0 Å². The number of unbranched alkanes of at least 4 members (excludes halogenated alkanes) is 1. The molecule has 2 aliphatic rings. The van der Waals surface area contributed by atoms with Crippen LogP contribution in [0.4, 0.5) is 0 Å². The predicted octanol–water partition coefficient (Wildman–Crippen LogP) is 7.32. The number of allylic oxidation sites excluding steroid dienone is 9. The van der Waals surface area contributed by atoms with E-state index in [1.807, 2.05) is 0 Å². The van der Waals surface area contributed by atoms with E-state index in [9.17, 15) is 0 Å². The van der Waals surface area contributed by atoms with Gasteiger partial charge in [0.1, 0.15) is 0 Å². The van der Waals surface area contributed by atoms with Crippen molar-refractivity contribution in [3.05, 3.63) is 89.1 Å². The topological polar surface area (TPSA) is 0 Å². The average Bonchev–Trinajstić information content (AvgIpc) is 2.67. The standard InChI is InChI=1S/C24H29P/c1-3-4-5-9-18-25(24-10-7-6-8-11-24)19-16-23(17-20-25)22-14-12-21(2)13-15-22/h3-4,6-7,10,12-19H,5,8-9,11,20H2,1-2H3/b4-3+. The summed E-state index contributed by atoms with van der Waals surface area (Å²) in [4.78, 5) is 0. The number of benzene rings is 1. The summed E-state index contributed by atoms with van der Waals surface area (Å²) in [5, 5.41) is 1.67. The number of hydrogen-bond acceptors (Lipinski definition) is 0. The van der Waals surface area contributed by atoms with Crippen LogP contribution in [0.25, 0.3) is 5.57 Å². The van der Waals surface area contributed by atoms with Gasteiger partial charge in [-0.05, 0) is 62.1 Å². The fraction of sp³-hybridized carbons (Fsp3) is 0.292. The first kappa shape index (κ1) is 18.0. The molecule has 1 atom stereocenters. The molecule has 0 spiro atoms. The number of rotatable bonds is 5. The van der Waals surface area contributed by atoms with Gasteiger partial charge in [-0.25, -0.2) is 0 Å². The highest BCUT2D eigenvalue weighted by Gasteiger charge is 2.21. The lowest BCUT2D eigenvalue weighted by Crippen LogP contribution is -2.00. The van der Waals surface area contributed by atoms with Crippen LogP contribution in [-0.2, 0) is 0 Å². The van der Waals surface area contributed by atoms with Gasteiger partial charge in [-0.15, -0.1) is 0 Å². The van der Waals surface area contributed by atoms with E-state index < -0.39 is 6.89 Å². The first-order valence-electron chi connectivity index (χ1n) is 9.39. The molecule has 1 aromatic carbocycles. The summed E-state index contributed by atoms with van der Waals surface area (Å²) >= 11 is 0. The molecular formula is C24H29P. The van der Waals surface area contributed by atoms with E-state index in [1.165, 1.54) is 42.1 Å². The maximum atomic E-state index is 2.65. The van der Waals surface area contributed by atoms with E-state index in [1.54, 1.807) is 5.31 Å². The zero-order valence-electron chi connectivity index (χ0n) is 15.5. The first-order chi connectivity index (χ1) is 12.2. The van der Waals surface area contributed by atoms with Crippen molar-refractivity contribution in [3.8, 4) is 0 Å². The molecule has 1 aromatic rings. The predicted molar refractivity (Wildman–Crippen MR) is 117 cm³/mol. The maximum Gasteiger partial charge on any atom is -0.00724 e. The molecule has 3 rings (SSSR count). The molecule has 25 heavy (non-hydrogen) atoms. The number of aryl methyl sites for hydroxylation is 1. The molecule has 0 amide bonds. The Balaban J connectivity index is 1.88. The molecule has 1 heteroatoms. The van der Waals surface area contributed by atoms with E-state index in [0.717, 1.165) is 6.42 Å². The minimum absolute atomic E-state index is 1.16. The highest BCUT2D eigenvalue weighted by Crippen LogP contribution is 2.61. The Kier molecular flexibility index (Phi) is 6.16. The minimum Gasteiger partial charge on any atom is -0.0917 e. The van der Waals surface area contributed by atoms with E-state index in [2.05, 4.69) is 92.3 Å². The molecule has 0 nitrogen and oxygen atoms in total. The van der Waals surface area contributed by atoms with Gasteiger partial charge in [0.05, 0.1) is 0 Å². The van der Waals surface area contributed by atoms with Crippen molar-refractivity contribution in [1.82, 2.24) is 0 Å². The van der Waals surface area contributed by atoms with E-state index in [4.69, 9.17) is 0 Å². The molecule has 1 aliphatic carbocycles. The van der Waals surface area contributed by atoms with E-state index in [0.29, 0.717) is 0 Å². The van der Waals surface area contributed by atoms with Crippen molar-refractivity contribution in [2.24, 2.45) is 0 Å². The molecule has 1 heterocycles. The van der Waals surface area contributed by atoms with Crippen molar-refractivity contribution in [3.63, 3.8) is 0 Å². The van der Waals surface area contributed by atoms with Gasteiger partial charge in [-0.3, -0.25) is 0 Å². The molecule has 1 unspecified atom stereocenters. The van der Waals surface area contributed by atoms with Crippen LogP contribution >= 0.6 is 6.89 Å². The SMILES string of the molecule is C/C=C/CCC=P1(C2=CC=CCC2)C=CC(c2ccc(C)cc2)=CC1. The minimum atomic E-state index is -1.28. The number of hydrogen-bond donors (Lipinski definition) is 0. The smallest absolute Gasteiger partial charge is 0.00724 e. The van der Waals surface area contributed by atoms with E-state index >= 15 is 0 Å². The van der Waals surface area contributed by atoms with Gasteiger partial charge in [0.25, 0.3) is 0 Å². The Morgan fingerprint density at radius 3 is 2.60 bits per heavy atom. The molecule has 0 bridgehead atoms. The summed E-state index contributed by atoms with van der Waals surface area (Å²) in [7, 11) is 0. The van der Waals surface area contributed by atoms with Crippen molar-refractivity contribution in [1.29, 1.82) is 0 Å². The fourth-order valence-corrected chi connectivity index (χ4v) is 7.02. The average molecular weight is 348 g/mol. The third-order valence-electron chi connectivity index (χ3n) is 5.07. The van der Waals surface area contributed by atoms with Gasteiger partial charge in [0, 0.05) is 0 Å². The second-order valence-corrected chi connectivity index (χ2v) is 10.4. The third-order valence-corrected chi connectivity index (χ3v) is 8.89. The summed E-state index contributed by atoms with van der Waals surface area (Å²) < 4.78 is 0. The van der Waals surface area contributed by atoms with Gasteiger partial charge < -0.3 is 0 Å². The maximum absolute atomic E-state index is 2.65. The van der Waals surface area contributed by atoms with Gasteiger partial charge in [-0.1, -0.05) is 90.9 Å². The normalized spacial score (nSPS) is 22.8. The molecule has 0 saturated heterocycles. The highest BCUT2D eigenvalue weighted by atomic mass is 31.2. The van der Waals surface area contributed by atoms with Crippen LogP contribution in [0.15, 0.2) is 77.9 Å². The largest absolute Gasteiger partial charge is 0.0917 e. The Morgan fingerprint density at radius 1 is 1.12 bits per heavy atom. The lowest BCUT2D eigenvalue weighted by atomic mass is 10.0.